The molecule has 0 aromatic carbocycles. The van der Waals surface area contributed by atoms with Crippen molar-refractivity contribution in [3.8, 4) is 0 Å². The van der Waals surface area contributed by atoms with Gasteiger partial charge in [0, 0.05) is 32.7 Å². The van der Waals surface area contributed by atoms with Gasteiger partial charge in [-0.05, 0) is 0 Å². The number of rotatable bonds is 6. The first kappa shape index (κ1) is 15.1. The molecule has 2 heterocycles. The molecule has 114 valence electrons. The third-order valence-corrected chi connectivity index (χ3v) is 3.39. The van der Waals surface area contributed by atoms with Gasteiger partial charge in [-0.15, -0.1) is 0 Å². The van der Waals surface area contributed by atoms with Crippen LogP contribution in [0.3, 0.4) is 0 Å². The molecule has 1 aliphatic heterocycles. The number of hydrogen-bond donors (Lipinski definition) is 2. The molecule has 9 heteroatoms. The molecule has 1 aliphatic rings. The number of methoxy groups -OCH3 is 1. The van der Waals surface area contributed by atoms with Gasteiger partial charge in [-0.2, -0.15) is 0 Å². The van der Waals surface area contributed by atoms with E-state index in [9.17, 15) is 14.9 Å². The quantitative estimate of drug-likeness (QED) is 0.586. The number of nitro groups is 1. The molecule has 9 nitrogen and oxygen atoms in total. The second-order valence-electron chi connectivity index (χ2n) is 4.70. The van der Waals surface area contributed by atoms with Crippen molar-refractivity contribution in [1.29, 1.82) is 0 Å². The Balaban J connectivity index is 2.19. The SMILES string of the molecule is COC1(CNc2ncc([N+](=O)[O-])cc2C(=O)O)CCOC1. The Kier molecular flexibility index (Phi) is 4.34. The maximum absolute atomic E-state index is 11.2. The first-order chi connectivity index (χ1) is 9.97. The van der Waals surface area contributed by atoms with Crippen LogP contribution in [0.25, 0.3) is 0 Å². The number of aromatic carboxylic acids is 1. The summed E-state index contributed by atoms with van der Waals surface area (Å²) in [5.41, 5.74) is -1.17. The number of hydrogen-bond acceptors (Lipinski definition) is 7. The summed E-state index contributed by atoms with van der Waals surface area (Å²) in [5.74, 6) is -1.22. The van der Waals surface area contributed by atoms with Gasteiger partial charge < -0.3 is 19.9 Å². The molecule has 21 heavy (non-hydrogen) atoms. The molecule has 1 unspecified atom stereocenters. The zero-order chi connectivity index (χ0) is 15.5. The van der Waals surface area contributed by atoms with E-state index < -0.39 is 16.5 Å². The fraction of sp³-hybridized carbons (Fsp3) is 0.500. The molecule has 0 aliphatic carbocycles. The summed E-state index contributed by atoms with van der Waals surface area (Å²) in [6.07, 6.45) is 1.69. The molecule has 0 radical (unpaired) electrons. The topological polar surface area (TPSA) is 124 Å². The molecule has 1 atom stereocenters. The molecule has 0 spiro atoms. The van der Waals surface area contributed by atoms with Crippen molar-refractivity contribution in [2.45, 2.75) is 12.0 Å². The number of carboxylic acid groups (broad SMARTS) is 1. The Bertz CT molecular complexity index is 556. The number of anilines is 1. The monoisotopic (exact) mass is 297 g/mol. The van der Waals surface area contributed by atoms with Gasteiger partial charge in [-0.25, -0.2) is 9.78 Å². The second kappa shape index (κ2) is 6.02. The van der Waals surface area contributed by atoms with Crippen molar-refractivity contribution in [1.82, 2.24) is 4.98 Å². The van der Waals surface area contributed by atoms with Crippen LogP contribution >= 0.6 is 0 Å². The van der Waals surface area contributed by atoms with Crippen LogP contribution in [0, 0.1) is 10.1 Å². The van der Waals surface area contributed by atoms with E-state index in [1.807, 2.05) is 0 Å². The second-order valence-corrected chi connectivity index (χ2v) is 4.70. The van der Waals surface area contributed by atoms with Gasteiger partial charge in [0.05, 0.1) is 11.5 Å². The zero-order valence-corrected chi connectivity index (χ0v) is 11.4. The van der Waals surface area contributed by atoms with Crippen LogP contribution in [0.15, 0.2) is 12.3 Å². The van der Waals surface area contributed by atoms with Gasteiger partial charge in [0.15, 0.2) is 0 Å². The van der Waals surface area contributed by atoms with Crippen LogP contribution in [-0.4, -0.2) is 53.5 Å². The predicted molar refractivity (Wildman–Crippen MR) is 71.5 cm³/mol. The number of carbonyl (C=O) groups is 1. The van der Waals surface area contributed by atoms with Crippen LogP contribution in [0.4, 0.5) is 11.5 Å². The molecular formula is C12H15N3O6. The van der Waals surface area contributed by atoms with Crippen molar-refractivity contribution >= 4 is 17.5 Å². The number of pyridine rings is 1. The van der Waals surface area contributed by atoms with E-state index in [-0.39, 0.29) is 17.1 Å². The normalized spacial score (nSPS) is 21.2. The molecule has 1 aromatic heterocycles. The van der Waals surface area contributed by atoms with E-state index in [4.69, 9.17) is 14.6 Å². The van der Waals surface area contributed by atoms with Crippen LogP contribution in [-0.2, 0) is 9.47 Å². The summed E-state index contributed by atoms with van der Waals surface area (Å²) in [6.45, 7) is 1.26. The first-order valence-electron chi connectivity index (χ1n) is 6.22. The lowest BCUT2D eigenvalue weighted by Gasteiger charge is -2.26. The van der Waals surface area contributed by atoms with E-state index >= 15 is 0 Å². The maximum atomic E-state index is 11.2. The van der Waals surface area contributed by atoms with E-state index in [0.29, 0.717) is 26.2 Å². The fourth-order valence-electron chi connectivity index (χ4n) is 2.06. The Morgan fingerprint density at radius 3 is 3.00 bits per heavy atom. The maximum Gasteiger partial charge on any atom is 0.339 e. The summed E-state index contributed by atoms with van der Waals surface area (Å²) >= 11 is 0. The molecule has 0 saturated carbocycles. The molecule has 1 fully saturated rings. The largest absolute Gasteiger partial charge is 0.478 e. The standard InChI is InChI=1S/C12H15N3O6/c1-20-12(2-3-21-7-12)6-14-10-9(11(16)17)4-8(5-13-10)15(18)19/h4-5H,2-3,6-7H2,1H3,(H,13,14)(H,16,17). The Hall–Kier alpha value is -2.26. The minimum Gasteiger partial charge on any atom is -0.478 e. The highest BCUT2D eigenvalue weighted by Crippen LogP contribution is 2.25. The first-order valence-corrected chi connectivity index (χ1v) is 6.22. The summed E-state index contributed by atoms with van der Waals surface area (Å²) < 4.78 is 10.7. The number of ether oxygens (including phenoxy) is 2. The molecule has 0 bridgehead atoms. The highest BCUT2D eigenvalue weighted by atomic mass is 16.6. The third kappa shape index (κ3) is 3.26. The Labute approximate surface area is 120 Å². The smallest absolute Gasteiger partial charge is 0.339 e. The lowest BCUT2D eigenvalue weighted by Crippen LogP contribution is -2.40. The molecule has 2 N–H and O–H groups in total. The summed E-state index contributed by atoms with van der Waals surface area (Å²) in [6, 6.07) is 0.974. The van der Waals surface area contributed by atoms with Gasteiger partial charge in [0.1, 0.15) is 23.2 Å². The zero-order valence-electron chi connectivity index (χ0n) is 11.4. The van der Waals surface area contributed by atoms with Crippen LogP contribution in [0.5, 0.6) is 0 Å². The van der Waals surface area contributed by atoms with Crippen LogP contribution in [0.1, 0.15) is 16.8 Å². The van der Waals surface area contributed by atoms with Gasteiger partial charge in [-0.3, -0.25) is 10.1 Å². The highest BCUT2D eigenvalue weighted by Gasteiger charge is 2.35. The van der Waals surface area contributed by atoms with Crippen molar-refractivity contribution in [2.24, 2.45) is 0 Å². The molecular weight excluding hydrogens is 282 g/mol. The summed E-state index contributed by atoms with van der Waals surface area (Å²) in [7, 11) is 1.55. The van der Waals surface area contributed by atoms with Crippen molar-refractivity contribution in [3.63, 3.8) is 0 Å². The Morgan fingerprint density at radius 1 is 1.71 bits per heavy atom. The van der Waals surface area contributed by atoms with Crippen LogP contribution < -0.4 is 5.32 Å². The van der Waals surface area contributed by atoms with Crippen molar-refractivity contribution < 1.29 is 24.3 Å². The van der Waals surface area contributed by atoms with Gasteiger partial charge >= 0.3 is 5.97 Å². The molecule has 1 saturated heterocycles. The molecule has 2 rings (SSSR count). The fourth-order valence-corrected chi connectivity index (χ4v) is 2.06. The average Bonchev–Trinajstić information content (AvgIpc) is 2.94. The van der Waals surface area contributed by atoms with Gasteiger partial charge in [0.25, 0.3) is 5.69 Å². The van der Waals surface area contributed by atoms with E-state index in [1.54, 1.807) is 7.11 Å². The minimum atomic E-state index is -1.29. The lowest BCUT2D eigenvalue weighted by molar-refractivity contribution is -0.385. The van der Waals surface area contributed by atoms with E-state index in [1.165, 1.54) is 0 Å². The number of carboxylic acids is 1. The lowest BCUT2D eigenvalue weighted by atomic mass is 10.0. The molecule has 0 amide bonds. The van der Waals surface area contributed by atoms with E-state index in [2.05, 4.69) is 10.3 Å². The van der Waals surface area contributed by atoms with Crippen molar-refractivity contribution in [3.05, 3.63) is 27.9 Å². The van der Waals surface area contributed by atoms with Gasteiger partial charge in [0.2, 0.25) is 0 Å². The summed E-state index contributed by atoms with van der Waals surface area (Å²) in [5, 5.41) is 22.7. The molecule has 1 aromatic rings. The number of nitrogens with one attached hydrogen (secondary N) is 1. The van der Waals surface area contributed by atoms with E-state index in [0.717, 1.165) is 12.3 Å². The average molecular weight is 297 g/mol. The third-order valence-electron chi connectivity index (χ3n) is 3.39. The number of aromatic nitrogens is 1. The number of nitrogens with zero attached hydrogens (tertiary/aromatic N) is 2. The predicted octanol–water partition coefficient (Wildman–Crippen LogP) is 0.905. The highest BCUT2D eigenvalue weighted by molar-refractivity contribution is 5.93. The Morgan fingerprint density at radius 2 is 2.48 bits per heavy atom. The van der Waals surface area contributed by atoms with Crippen LogP contribution in [0.2, 0.25) is 0 Å². The van der Waals surface area contributed by atoms with Crippen molar-refractivity contribution in [2.75, 3.05) is 32.2 Å². The minimum absolute atomic E-state index is 0.0661. The summed E-state index contributed by atoms with van der Waals surface area (Å²) in [4.78, 5) is 25.0. The van der Waals surface area contributed by atoms with Gasteiger partial charge in [-0.1, -0.05) is 0 Å².